The Labute approximate surface area is 194 Å². The summed E-state index contributed by atoms with van der Waals surface area (Å²) in [5, 5.41) is 7.93. The summed E-state index contributed by atoms with van der Waals surface area (Å²) in [6.45, 7) is 2.20. The van der Waals surface area contributed by atoms with Gasteiger partial charge in [0.2, 0.25) is 0 Å². The van der Waals surface area contributed by atoms with Gasteiger partial charge in [-0.1, -0.05) is 91.0 Å². The number of anilines is 1. The van der Waals surface area contributed by atoms with Gasteiger partial charge in [0.1, 0.15) is 0 Å². The van der Waals surface area contributed by atoms with E-state index in [4.69, 9.17) is 5.10 Å². The van der Waals surface area contributed by atoms with E-state index in [2.05, 4.69) is 70.9 Å². The number of carbonyl (C=O) groups excluding carboxylic acids is 1. The van der Waals surface area contributed by atoms with Gasteiger partial charge in [0.05, 0.1) is 11.7 Å². The van der Waals surface area contributed by atoms with Crippen molar-refractivity contribution in [2.45, 2.75) is 32.0 Å². The molecule has 0 aliphatic carbocycles. The van der Waals surface area contributed by atoms with Crippen molar-refractivity contribution in [3.8, 4) is 0 Å². The molecule has 1 aliphatic heterocycles. The van der Waals surface area contributed by atoms with Gasteiger partial charge in [0, 0.05) is 25.8 Å². The number of carbonyl (C=O) groups is 1. The fourth-order valence-electron chi connectivity index (χ4n) is 4.44. The Bertz CT molecular complexity index is 1190. The molecule has 4 aromatic rings. The molecule has 1 aliphatic rings. The first-order valence-electron chi connectivity index (χ1n) is 11.5. The molecule has 5 heteroatoms. The molecule has 1 amide bonds. The Balaban J connectivity index is 1.40. The molecule has 166 valence electrons. The SMILES string of the molecule is O=C1NC(Cc2ccccc2)CN(Cc2ccccc2)c2cn(CCc3ccccc3)nc21. The Morgan fingerprint density at radius 2 is 1.42 bits per heavy atom. The Morgan fingerprint density at radius 3 is 2.09 bits per heavy atom. The fraction of sp³-hybridized carbons (Fsp3) is 0.214. The number of rotatable bonds is 7. The lowest BCUT2D eigenvalue weighted by atomic mass is 10.1. The van der Waals surface area contributed by atoms with Gasteiger partial charge in [-0.05, 0) is 29.5 Å². The Kier molecular flexibility index (Phi) is 6.20. The first-order chi connectivity index (χ1) is 16.2. The third kappa shape index (κ3) is 5.14. The van der Waals surface area contributed by atoms with Crippen LogP contribution in [0.1, 0.15) is 27.2 Å². The van der Waals surface area contributed by atoms with Crippen LogP contribution in [-0.2, 0) is 25.9 Å². The molecule has 1 unspecified atom stereocenters. The van der Waals surface area contributed by atoms with Crippen LogP contribution in [0.2, 0.25) is 0 Å². The number of hydrogen-bond acceptors (Lipinski definition) is 3. The monoisotopic (exact) mass is 436 g/mol. The molecule has 1 N–H and O–H groups in total. The number of fused-ring (bicyclic) bond motifs is 1. The van der Waals surface area contributed by atoms with Gasteiger partial charge in [0.15, 0.2) is 5.69 Å². The van der Waals surface area contributed by atoms with E-state index in [0.29, 0.717) is 5.69 Å². The molecule has 0 spiro atoms. The Morgan fingerprint density at radius 1 is 0.818 bits per heavy atom. The number of amides is 1. The van der Waals surface area contributed by atoms with Crippen molar-refractivity contribution < 1.29 is 4.79 Å². The van der Waals surface area contributed by atoms with Gasteiger partial charge >= 0.3 is 0 Å². The van der Waals surface area contributed by atoms with E-state index in [0.717, 1.165) is 38.2 Å². The Hall–Kier alpha value is -3.86. The summed E-state index contributed by atoms with van der Waals surface area (Å²) in [6, 6.07) is 31.1. The lowest BCUT2D eigenvalue weighted by Crippen LogP contribution is -2.42. The van der Waals surface area contributed by atoms with Crippen LogP contribution in [0.3, 0.4) is 0 Å². The van der Waals surface area contributed by atoms with Crippen molar-refractivity contribution in [1.82, 2.24) is 15.1 Å². The summed E-state index contributed by atoms with van der Waals surface area (Å²) in [5.74, 6) is -0.0973. The van der Waals surface area contributed by atoms with Crippen molar-refractivity contribution >= 4 is 11.6 Å². The van der Waals surface area contributed by atoms with Crippen LogP contribution in [0, 0.1) is 0 Å². The minimum Gasteiger partial charge on any atom is -0.362 e. The van der Waals surface area contributed by atoms with Crippen molar-refractivity contribution in [3.05, 3.63) is 120 Å². The number of hydrogen-bond donors (Lipinski definition) is 1. The lowest BCUT2D eigenvalue weighted by Gasteiger charge is -2.26. The smallest absolute Gasteiger partial charge is 0.274 e. The van der Waals surface area contributed by atoms with Crippen LogP contribution in [0.15, 0.2) is 97.2 Å². The molecule has 0 bridgehead atoms. The predicted octanol–water partition coefficient (Wildman–Crippen LogP) is 4.49. The first kappa shape index (κ1) is 21.0. The molecule has 1 aromatic heterocycles. The van der Waals surface area contributed by atoms with E-state index in [-0.39, 0.29) is 11.9 Å². The topological polar surface area (TPSA) is 50.2 Å². The van der Waals surface area contributed by atoms with E-state index >= 15 is 0 Å². The third-order valence-corrected chi connectivity index (χ3v) is 6.09. The molecule has 0 fully saturated rings. The maximum atomic E-state index is 13.2. The highest BCUT2D eigenvalue weighted by atomic mass is 16.2. The number of aryl methyl sites for hydroxylation is 2. The highest BCUT2D eigenvalue weighted by Crippen LogP contribution is 2.26. The lowest BCUT2D eigenvalue weighted by molar-refractivity contribution is 0.0936. The van der Waals surface area contributed by atoms with Gasteiger partial charge in [-0.3, -0.25) is 9.48 Å². The molecule has 3 aromatic carbocycles. The maximum absolute atomic E-state index is 13.2. The van der Waals surface area contributed by atoms with E-state index in [1.54, 1.807) is 0 Å². The first-order valence-corrected chi connectivity index (χ1v) is 11.5. The van der Waals surface area contributed by atoms with Crippen LogP contribution in [0.4, 0.5) is 5.69 Å². The van der Waals surface area contributed by atoms with Crippen molar-refractivity contribution in [2.24, 2.45) is 0 Å². The molecular formula is C28H28N4O. The average molecular weight is 437 g/mol. The van der Waals surface area contributed by atoms with Crippen LogP contribution in [0.25, 0.3) is 0 Å². The second-order valence-corrected chi connectivity index (χ2v) is 8.59. The van der Waals surface area contributed by atoms with Crippen LogP contribution in [0.5, 0.6) is 0 Å². The van der Waals surface area contributed by atoms with E-state index in [1.165, 1.54) is 16.7 Å². The molecule has 5 rings (SSSR count). The molecule has 0 radical (unpaired) electrons. The normalized spacial score (nSPS) is 15.6. The van der Waals surface area contributed by atoms with E-state index < -0.39 is 0 Å². The molecular weight excluding hydrogens is 408 g/mol. The summed E-state index contributed by atoms with van der Waals surface area (Å²) < 4.78 is 1.91. The summed E-state index contributed by atoms with van der Waals surface area (Å²) >= 11 is 0. The number of nitrogens with zero attached hydrogens (tertiary/aromatic N) is 3. The fourth-order valence-corrected chi connectivity index (χ4v) is 4.44. The second-order valence-electron chi connectivity index (χ2n) is 8.59. The van der Waals surface area contributed by atoms with Crippen molar-refractivity contribution in [2.75, 3.05) is 11.4 Å². The third-order valence-electron chi connectivity index (χ3n) is 6.09. The summed E-state index contributed by atoms with van der Waals surface area (Å²) in [4.78, 5) is 15.5. The van der Waals surface area contributed by atoms with E-state index in [9.17, 15) is 4.79 Å². The molecule has 0 saturated heterocycles. The van der Waals surface area contributed by atoms with Crippen molar-refractivity contribution in [3.63, 3.8) is 0 Å². The molecule has 33 heavy (non-hydrogen) atoms. The standard InChI is InChI=1S/C28H28N4O/c33-28-27-26(21-32(30-27)17-16-22-10-4-1-5-11-22)31(19-24-14-8-3-9-15-24)20-25(29-28)18-23-12-6-2-7-13-23/h1-15,21,25H,16-20H2,(H,29,33). The summed E-state index contributed by atoms with van der Waals surface area (Å²) in [5.41, 5.74) is 5.11. The van der Waals surface area contributed by atoms with E-state index in [1.807, 2.05) is 41.2 Å². The quantitative estimate of drug-likeness (QED) is 0.465. The average Bonchev–Trinajstić information content (AvgIpc) is 3.24. The zero-order valence-electron chi connectivity index (χ0n) is 18.6. The minimum absolute atomic E-state index is 0.00980. The van der Waals surface area contributed by atoms with Gasteiger partial charge in [-0.25, -0.2) is 0 Å². The second kappa shape index (κ2) is 9.74. The zero-order valence-corrected chi connectivity index (χ0v) is 18.6. The number of benzene rings is 3. The van der Waals surface area contributed by atoms with Gasteiger partial charge < -0.3 is 10.2 Å². The minimum atomic E-state index is -0.0973. The summed E-state index contributed by atoms with van der Waals surface area (Å²) in [6.07, 6.45) is 3.69. The highest BCUT2D eigenvalue weighted by Gasteiger charge is 2.29. The van der Waals surface area contributed by atoms with Crippen molar-refractivity contribution in [1.29, 1.82) is 0 Å². The molecule has 0 saturated carbocycles. The molecule has 5 nitrogen and oxygen atoms in total. The van der Waals surface area contributed by atoms with Crippen LogP contribution >= 0.6 is 0 Å². The highest BCUT2D eigenvalue weighted by molar-refractivity contribution is 5.98. The molecule has 2 heterocycles. The molecule has 1 atom stereocenters. The van der Waals surface area contributed by atoms with Gasteiger partial charge in [0.25, 0.3) is 5.91 Å². The maximum Gasteiger partial charge on any atom is 0.274 e. The number of nitrogens with one attached hydrogen (secondary N) is 1. The van der Waals surface area contributed by atoms with Crippen LogP contribution in [-0.4, -0.2) is 28.3 Å². The zero-order chi connectivity index (χ0) is 22.5. The van der Waals surface area contributed by atoms with Gasteiger partial charge in [-0.15, -0.1) is 0 Å². The van der Waals surface area contributed by atoms with Gasteiger partial charge in [-0.2, -0.15) is 5.10 Å². The number of aromatic nitrogens is 2. The summed E-state index contributed by atoms with van der Waals surface area (Å²) in [7, 11) is 0. The van der Waals surface area contributed by atoms with Crippen LogP contribution < -0.4 is 10.2 Å². The largest absolute Gasteiger partial charge is 0.362 e. The predicted molar refractivity (Wildman–Crippen MR) is 131 cm³/mol.